The van der Waals surface area contributed by atoms with Crippen molar-refractivity contribution in [2.75, 3.05) is 0 Å². The Kier molecular flexibility index (Phi) is 3.05. The first-order valence-corrected chi connectivity index (χ1v) is 5.77. The van der Waals surface area contributed by atoms with E-state index in [9.17, 15) is 0 Å². The highest BCUT2D eigenvalue weighted by molar-refractivity contribution is 9.10. The van der Waals surface area contributed by atoms with Crippen LogP contribution in [0.5, 0.6) is 0 Å². The van der Waals surface area contributed by atoms with Gasteiger partial charge in [-0.05, 0) is 30.5 Å². The van der Waals surface area contributed by atoms with E-state index in [0.717, 1.165) is 16.4 Å². The van der Waals surface area contributed by atoms with Gasteiger partial charge in [-0.2, -0.15) is 0 Å². The van der Waals surface area contributed by atoms with Crippen molar-refractivity contribution in [3.05, 3.63) is 40.3 Å². The molecular weight excluding hydrogens is 255 g/mol. The van der Waals surface area contributed by atoms with Crippen molar-refractivity contribution >= 4 is 28.5 Å². The Bertz CT molecular complexity index is 396. The molecule has 0 aliphatic carbocycles. The van der Waals surface area contributed by atoms with E-state index < -0.39 is 0 Å². The third kappa shape index (κ3) is 1.91. The smallest absolute Gasteiger partial charge is 0.525 e. The van der Waals surface area contributed by atoms with Gasteiger partial charge in [-0.15, -0.1) is 0 Å². The SMILES string of the molecule is CCc1c(B2OC=CO2)ccc(Br)c1C. The van der Waals surface area contributed by atoms with Crippen LogP contribution in [-0.2, 0) is 15.7 Å². The second-order valence-electron chi connectivity index (χ2n) is 3.47. The van der Waals surface area contributed by atoms with Gasteiger partial charge < -0.3 is 9.31 Å². The highest BCUT2D eigenvalue weighted by atomic mass is 79.9. The molecule has 1 aromatic carbocycles. The van der Waals surface area contributed by atoms with E-state index in [1.807, 2.05) is 12.1 Å². The molecule has 0 aromatic heterocycles. The molecule has 0 spiro atoms. The van der Waals surface area contributed by atoms with Gasteiger partial charge in [-0.1, -0.05) is 28.9 Å². The zero-order chi connectivity index (χ0) is 10.8. The van der Waals surface area contributed by atoms with Crippen molar-refractivity contribution in [2.24, 2.45) is 0 Å². The molecule has 0 atom stereocenters. The summed E-state index contributed by atoms with van der Waals surface area (Å²) in [5.74, 6) is 0. The number of hydrogen-bond acceptors (Lipinski definition) is 2. The van der Waals surface area contributed by atoms with Crippen LogP contribution in [0.2, 0.25) is 0 Å². The van der Waals surface area contributed by atoms with Crippen molar-refractivity contribution in [1.29, 1.82) is 0 Å². The molecule has 78 valence electrons. The van der Waals surface area contributed by atoms with Crippen molar-refractivity contribution in [3.63, 3.8) is 0 Å². The number of hydrogen-bond donors (Lipinski definition) is 0. The predicted octanol–water partition coefficient (Wildman–Crippen LogP) is 2.53. The predicted molar refractivity (Wildman–Crippen MR) is 65.0 cm³/mol. The molecule has 0 amide bonds. The lowest BCUT2D eigenvalue weighted by Crippen LogP contribution is -2.35. The van der Waals surface area contributed by atoms with Crippen LogP contribution >= 0.6 is 15.9 Å². The Morgan fingerprint density at radius 3 is 2.53 bits per heavy atom. The summed E-state index contributed by atoms with van der Waals surface area (Å²) in [6.07, 6.45) is 4.15. The summed E-state index contributed by atoms with van der Waals surface area (Å²) in [4.78, 5) is 0. The maximum Gasteiger partial charge on any atom is 0.632 e. The van der Waals surface area contributed by atoms with Crippen LogP contribution in [0.1, 0.15) is 18.1 Å². The minimum Gasteiger partial charge on any atom is -0.525 e. The molecule has 0 radical (unpaired) electrons. The van der Waals surface area contributed by atoms with Gasteiger partial charge in [0.05, 0.1) is 12.5 Å². The van der Waals surface area contributed by atoms with Gasteiger partial charge in [0, 0.05) is 9.94 Å². The van der Waals surface area contributed by atoms with Gasteiger partial charge in [0.2, 0.25) is 0 Å². The average Bonchev–Trinajstić information content (AvgIpc) is 2.75. The zero-order valence-electron chi connectivity index (χ0n) is 8.79. The van der Waals surface area contributed by atoms with E-state index in [1.54, 1.807) is 12.5 Å². The molecule has 0 saturated carbocycles. The standard InChI is InChI=1S/C11H12BBrO2/c1-3-9-8(2)11(13)5-4-10(9)12-14-6-7-15-12/h4-7H,3H2,1-2H3. The minimum atomic E-state index is -0.272. The van der Waals surface area contributed by atoms with Crippen molar-refractivity contribution in [3.8, 4) is 0 Å². The Hall–Kier alpha value is -0.895. The Balaban J connectivity index is 2.42. The molecule has 15 heavy (non-hydrogen) atoms. The van der Waals surface area contributed by atoms with E-state index in [0.29, 0.717) is 0 Å². The highest BCUT2D eigenvalue weighted by Gasteiger charge is 2.29. The number of benzene rings is 1. The van der Waals surface area contributed by atoms with E-state index in [1.165, 1.54) is 11.1 Å². The van der Waals surface area contributed by atoms with E-state index in [4.69, 9.17) is 9.31 Å². The van der Waals surface area contributed by atoms with Crippen LogP contribution in [0.3, 0.4) is 0 Å². The van der Waals surface area contributed by atoms with E-state index in [-0.39, 0.29) is 7.12 Å². The van der Waals surface area contributed by atoms with Crippen LogP contribution in [-0.4, -0.2) is 7.12 Å². The van der Waals surface area contributed by atoms with Crippen LogP contribution in [0.15, 0.2) is 29.1 Å². The highest BCUT2D eigenvalue weighted by Crippen LogP contribution is 2.20. The van der Waals surface area contributed by atoms with Crippen molar-refractivity contribution in [2.45, 2.75) is 20.3 Å². The number of rotatable bonds is 2. The maximum atomic E-state index is 5.36. The molecule has 1 aliphatic heterocycles. The fraction of sp³-hybridized carbons (Fsp3) is 0.273. The van der Waals surface area contributed by atoms with Gasteiger partial charge in [0.1, 0.15) is 0 Å². The molecule has 1 heterocycles. The second-order valence-corrected chi connectivity index (χ2v) is 4.32. The van der Waals surface area contributed by atoms with Crippen molar-refractivity contribution in [1.82, 2.24) is 0 Å². The topological polar surface area (TPSA) is 18.5 Å². The van der Waals surface area contributed by atoms with Crippen LogP contribution < -0.4 is 5.46 Å². The fourth-order valence-electron chi connectivity index (χ4n) is 1.82. The number of halogens is 1. The normalized spacial score (nSPS) is 13.9. The summed E-state index contributed by atoms with van der Waals surface area (Å²) >= 11 is 3.53. The molecule has 0 N–H and O–H groups in total. The van der Waals surface area contributed by atoms with Gasteiger partial charge in [0.15, 0.2) is 0 Å². The van der Waals surface area contributed by atoms with Crippen LogP contribution in [0.25, 0.3) is 0 Å². The molecule has 1 aromatic rings. The lowest BCUT2D eigenvalue weighted by atomic mass is 9.74. The fourth-order valence-corrected chi connectivity index (χ4v) is 2.20. The van der Waals surface area contributed by atoms with Crippen LogP contribution in [0.4, 0.5) is 0 Å². The minimum absolute atomic E-state index is 0.272. The second kappa shape index (κ2) is 4.31. The summed E-state index contributed by atoms with van der Waals surface area (Å²) in [5, 5.41) is 0. The third-order valence-electron chi connectivity index (χ3n) is 2.64. The average molecular weight is 267 g/mol. The summed E-state index contributed by atoms with van der Waals surface area (Å²) < 4.78 is 11.8. The quantitative estimate of drug-likeness (QED) is 0.766. The lowest BCUT2D eigenvalue weighted by molar-refractivity contribution is 0.423. The van der Waals surface area contributed by atoms with E-state index in [2.05, 4.69) is 29.8 Å². The third-order valence-corrected chi connectivity index (χ3v) is 3.50. The van der Waals surface area contributed by atoms with Gasteiger partial charge in [0.25, 0.3) is 0 Å². The van der Waals surface area contributed by atoms with Crippen LogP contribution in [0, 0.1) is 6.92 Å². The van der Waals surface area contributed by atoms with Gasteiger partial charge >= 0.3 is 7.12 Å². The summed E-state index contributed by atoms with van der Waals surface area (Å²) in [7, 11) is -0.272. The molecule has 0 unspecified atom stereocenters. The zero-order valence-corrected chi connectivity index (χ0v) is 10.4. The Labute approximate surface area is 98.5 Å². The summed E-state index contributed by atoms with van der Waals surface area (Å²) in [6.45, 7) is 4.25. The summed E-state index contributed by atoms with van der Waals surface area (Å²) in [6, 6.07) is 4.09. The van der Waals surface area contributed by atoms with Gasteiger partial charge in [-0.25, -0.2) is 0 Å². The Morgan fingerprint density at radius 1 is 1.27 bits per heavy atom. The first kappa shape index (κ1) is 10.6. The molecule has 0 fully saturated rings. The lowest BCUT2D eigenvalue weighted by Gasteiger charge is -2.13. The molecule has 4 heteroatoms. The molecule has 2 rings (SSSR count). The van der Waals surface area contributed by atoms with E-state index >= 15 is 0 Å². The molecular formula is C11H12BBrO2. The molecule has 0 saturated heterocycles. The van der Waals surface area contributed by atoms with Crippen molar-refractivity contribution < 1.29 is 9.31 Å². The molecule has 0 bridgehead atoms. The first-order chi connectivity index (χ1) is 7.24. The molecule has 2 nitrogen and oxygen atoms in total. The molecule has 1 aliphatic rings. The maximum absolute atomic E-state index is 5.36. The first-order valence-electron chi connectivity index (χ1n) is 4.98. The monoisotopic (exact) mass is 266 g/mol. The van der Waals surface area contributed by atoms with Gasteiger partial charge in [-0.3, -0.25) is 0 Å². The Morgan fingerprint density at radius 2 is 1.93 bits per heavy atom. The largest absolute Gasteiger partial charge is 0.632 e. The summed E-state index contributed by atoms with van der Waals surface area (Å²) in [5.41, 5.74) is 3.66.